The van der Waals surface area contributed by atoms with E-state index in [1.54, 1.807) is 25.6 Å². The highest BCUT2D eigenvalue weighted by atomic mass is 32.1. The van der Waals surface area contributed by atoms with E-state index in [0.29, 0.717) is 12.1 Å². The fourth-order valence-electron chi connectivity index (χ4n) is 4.59. The Kier molecular flexibility index (Phi) is 5.74. The highest BCUT2D eigenvalue weighted by molar-refractivity contribution is 7.16. The second-order valence-electron chi connectivity index (χ2n) is 7.61. The average molecular weight is 413 g/mol. The summed E-state index contributed by atoms with van der Waals surface area (Å²) in [6.07, 6.45) is 5.15. The number of amides is 1. The molecular weight excluding hydrogens is 386 g/mol. The molecule has 7 heteroatoms. The predicted octanol–water partition coefficient (Wildman–Crippen LogP) is 2.48. The van der Waals surface area contributed by atoms with Crippen LogP contribution in [-0.4, -0.2) is 33.2 Å². The Bertz CT molecular complexity index is 963. The number of hydrogen-bond acceptors (Lipinski definition) is 5. The van der Waals surface area contributed by atoms with Gasteiger partial charge in [0.2, 0.25) is 0 Å². The van der Waals surface area contributed by atoms with Crippen molar-refractivity contribution in [3.05, 3.63) is 39.8 Å². The van der Waals surface area contributed by atoms with Gasteiger partial charge in [0.25, 0.3) is 5.91 Å². The minimum atomic E-state index is -0.0317. The Morgan fingerprint density at radius 1 is 1.31 bits per heavy atom. The minimum absolute atomic E-state index is 0.0317. The van der Waals surface area contributed by atoms with Crippen LogP contribution >= 0.6 is 11.3 Å². The van der Waals surface area contributed by atoms with Crippen LogP contribution in [-0.2, 0) is 17.6 Å². The number of anilines is 1. The van der Waals surface area contributed by atoms with Crippen molar-refractivity contribution in [1.82, 2.24) is 0 Å². The van der Waals surface area contributed by atoms with E-state index in [4.69, 9.17) is 9.47 Å². The van der Waals surface area contributed by atoms with Crippen LogP contribution < -0.4 is 19.7 Å². The highest BCUT2D eigenvalue weighted by Gasteiger charge is 2.34. The molecule has 1 aromatic carbocycles. The second-order valence-corrected chi connectivity index (χ2v) is 8.71. The molecular formula is C22H26N3O3S+. The molecule has 1 amide bonds. The van der Waals surface area contributed by atoms with Crippen LogP contribution in [0.2, 0.25) is 0 Å². The van der Waals surface area contributed by atoms with Gasteiger partial charge in [0.15, 0.2) is 6.54 Å². The summed E-state index contributed by atoms with van der Waals surface area (Å²) in [5.74, 6) is 1.53. The van der Waals surface area contributed by atoms with Crippen LogP contribution in [0.5, 0.6) is 11.5 Å². The Hall–Kier alpha value is -2.56. The number of likely N-dealkylation sites (tertiary alicyclic amines) is 1. The number of benzene rings is 1. The number of aryl methyl sites for hydroxylation is 1. The zero-order valence-corrected chi connectivity index (χ0v) is 17.7. The molecule has 0 saturated carbocycles. The summed E-state index contributed by atoms with van der Waals surface area (Å²) in [7, 11) is 3.31. The van der Waals surface area contributed by atoms with Gasteiger partial charge in [-0.2, -0.15) is 5.26 Å². The number of nitrogens with one attached hydrogen (secondary N) is 2. The van der Waals surface area contributed by atoms with Crippen molar-refractivity contribution in [3.63, 3.8) is 0 Å². The zero-order valence-electron chi connectivity index (χ0n) is 16.8. The molecule has 1 unspecified atom stereocenters. The Morgan fingerprint density at radius 3 is 2.93 bits per heavy atom. The summed E-state index contributed by atoms with van der Waals surface area (Å²) in [5.41, 5.74) is 2.92. The minimum Gasteiger partial charge on any atom is -0.497 e. The molecule has 2 heterocycles. The maximum Gasteiger partial charge on any atom is 0.280 e. The lowest BCUT2D eigenvalue weighted by molar-refractivity contribution is -0.910. The number of thiophene rings is 1. The first-order valence-corrected chi connectivity index (χ1v) is 10.9. The van der Waals surface area contributed by atoms with Gasteiger partial charge in [-0.15, -0.1) is 11.3 Å². The quantitative estimate of drug-likeness (QED) is 0.764. The van der Waals surface area contributed by atoms with Gasteiger partial charge in [0.1, 0.15) is 28.6 Å². The fourth-order valence-corrected chi connectivity index (χ4v) is 5.85. The normalized spacial score (nSPS) is 20.2. The van der Waals surface area contributed by atoms with Gasteiger partial charge < -0.3 is 19.7 Å². The van der Waals surface area contributed by atoms with Crippen molar-refractivity contribution in [2.45, 2.75) is 38.1 Å². The molecule has 2 N–H and O–H groups in total. The standard InChI is InChI=1S/C22H25N3O3S/c1-27-14-8-9-16(19(11-14)28-2)18-6-4-10-25(18)13-21(26)24-22-17(12-23)15-5-3-7-20(15)29-22/h8-9,11,18H,3-7,10,13H2,1-2H3,(H,24,26)/p+1/t18-/m0/s1. The molecule has 0 spiro atoms. The SMILES string of the molecule is COc1ccc([C@@H]2CCC[NH+]2CC(=O)Nc2sc3c(c2C#N)CCC3)c(OC)c1. The van der Waals surface area contributed by atoms with Crippen LogP contribution in [0.25, 0.3) is 0 Å². The predicted molar refractivity (Wildman–Crippen MR) is 112 cm³/mol. The van der Waals surface area contributed by atoms with E-state index in [2.05, 4.69) is 11.4 Å². The van der Waals surface area contributed by atoms with Gasteiger partial charge in [-0.05, 0) is 37.0 Å². The monoisotopic (exact) mass is 412 g/mol. The van der Waals surface area contributed by atoms with E-state index >= 15 is 0 Å². The number of hydrogen-bond donors (Lipinski definition) is 2. The first-order chi connectivity index (χ1) is 14.1. The number of rotatable bonds is 6. The van der Waals surface area contributed by atoms with Crippen LogP contribution in [0.3, 0.4) is 0 Å². The summed E-state index contributed by atoms with van der Waals surface area (Å²) < 4.78 is 10.9. The lowest BCUT2D eigenvalue weighted by Crippen LogP contribution is -3.11. The van der Waals surface area contributed by atoms with Crippen molar-refractivity contribution < 1.29 is 19.2 Å². The number of quaternary nitrogens is 1. The summed E-state index contributed by atoms with van der Waals surface area (Å²) in [6.45, 7) is 1.33. The third-order valence-corrected chi connectivity index (χ3v) is 7.18. The summed E-state index contributed by atoms with van der Waals surface area (Å²) >= 11 is 1.57. The molecule has 4 rings (SSSR count). The molecule has 2 aromatic rings. The molecule has 2 atom stereocenters. The maximum absolute atomic E-state index is 12.8. The first-order valence-electron chi connectivity index (χ1n) is 10.1. The molecule has 1 aliphatic heterocycles. The van der Waals surface area contributed by atoms with Gasteiger partial charge in [-0.3, -0.25) is 4.79 Å². The number of carbonyl (C=O) groups is 1. The van der Waals surface area contributed by atoms with Gasteiger partial charge >= 0.3 is 0 Å². The number of nitriles is 1. The van der Waals surface area contributed by atoms with E-state index < -0.39 is 0 Å². The summed E-state index contributed by atoms with van der Waals surface area (Å²) in [5, 5.41) is 13.3. The van der Waals surface area contributed by atoms with Gasteiger partial charge in [0.05, 0.1) is 31.9 Å². The van der Waals surface area contributed by atoms with E-state index in [0.717, 1.165) is 66.3 Å². The Labute approximate surface area is 175 Å². The number of methoxy groups -OCH3 is 2. The van der Waals surface area contributed by atoms with Crippen LogP contribution in [0, 0.1) is 11.3 Å². The maximum atomic E-state index is 12.8. The van der Waals surface area contributed by atoms with Crippen molar-refractivity contribution >= 4 is 22.2 Å². The summed E-state index contributed by atoms with van der Waals surface area (Å²) in [6, 6.07) is 8.40. The third-order valence-electron chi connectivity index (χ3n) is 5.97. The lowest BCUT2D eigenvalue weighted by Gasteiger charge is -2.23. The topological polar surface area (TPSA) is 75.8 Å². The fraction of sp³-hybridized carbons (Fsp3) is 0.455. The highest BCUT2D eigenvalue weighted by Crippen LogP contribution is 2.38. The molecule has 29 heavy (non-hydrogen) atoms. The van der Waals surface area contributed by atoms with E-state index in [9.17, 15) is 10.1 Å². The third kappa shape index (κ3) is 3.83. The first kappa shape index (κ1) is 19.7. The Balaban J connectivity index is 1.48. The number of carbonyl (C=O) groups excluding carboxylic acids is 1. The largest absolute Gasteiger partial charge is 0.497 e. The molecule has 1 fully saturated rings. The van der Waals surface area contributed by atoms with Gasteiger partial charge in [-0.25, -0.2) is 0 Å². The molecule has 2 aliphatic rings. The smallest absolute Gasteiger partial charge is 0.280 e. The van der Waals surface area contributed by atoms with E-state index in [-0.39, 0.29) is 11.9 Å². The molecule has 1 aliphatic carbocycles. The molecule has 1 saturated heterocycles. The molecule has 152 valence electrons. The summed E-state index contributed by atoms with van der Waals surface area (Å²) in [4.78, 5) is 15.3. The van der Waals surface area contributed by atoms with E-state index in [1.165, 1.54) is 9.78 Å². The van der Waals surface area contributed by atoms with Crippen molar-refractivity contribution in [1.29, 1.82) is 5.26 Å². The lowest BCUT2D eigenvalue weighted by atomic mass is 10.0. The zero-order chi connectivity index (χ0) is 20.4. The van der Waals surface area contributed by atoms with Gasteiger partial charge in [0, 0.05) is 23.8 Å². The van der Waals surface area contributed by atoms with Crippen LogP contribution in [0.4, 0.5) is 5.00 Å². The molecule has 6 nitrogen and oxygen atoms in total. The molecule has 0 radical (unpaired) electrons. The number of nitrogens with zero attached hydrogens (tertiary/aromatic N) is 1. The molecule has 0 bridgehead atoms. The van der Waals surface area contributed by atoms with Crippen molar-refractivity contribution in [3.8, 4) is 17.6 Å². The van der Waals surface area contributed by atoms with Gasteiger partial charge in [-0.1, -0.05) is 0 Å². The van der Waals surface area contributed by atoms with Crippen LogP contribution in [0.1, 0.15) is 46.9 Å². The van der Waals surface area contributed by atoms with Crippen LogP contribution in [0.15, 0.2) is 18.2 Å². The van der Waals surface area contributed by atoms with E-state index in [1.807, 2.05) is 18.2 Å². The Morgan fingerprint density at radius 2 is 2.17 bits per heavy atom. The van der Waals surface area contributed by atoms with Crippen molar-refractivity contribution in [2.24, 2.45) is 0 Å². The molecule has 1 aromatic heterocycles. The van der Waals surface area contributed by atoms with Crippen molar-refractivity contribution in [2.75, 3.05) is 32.6 Å². The second kappa shape index (κ2) is 8.44. The average Bonchev–Trinajstić information content (AvgIpc) is 3.43. The number of ether oxygens (including phenoxy) is 2. The number of fused-ring (bicyclic) bond motifs is 1.